The number of anilines is 1. The Hall–Kier alpha value is -1.63. The van der Waals surface area contributed by atoms with Crippen molar-refractivity contribution in [1.82, 2.24) is 0 Å². The Bertz CT molecular complexity index is 482. The smallest absolute Gasteiger partial charge is 0.359 e. The number of hydrogen-bond acceptors (Lipinski definition) is 1. The van der Waals surface area contributed by atoms with E-state index < -0.39 is 12.2 Å². The Balaban J connectivity index is 2.38. The minimum absolute atomic E-state index is 0.164. The summed E-state index contributed by atoms with van der Waals surface area (Å²) in [6.07, 6.45) is -3.45. The molecule has 18 heavy (non-hydrogen) atoms. The van der Waals surface area contributed by atoms with Gasteiger partial charge in [0.05, 0.1) is 5.69 Å². The maximum atomic E-state index is 12.9. The zero-order chi connectivity index (χ0) is 13.2. The van der Waals surface area contributed by atoms with Crippen LogP contribution in [-0.4, -0.2) is 18.8 Å². The van der Waals surface area contributed by atoms with Crippen molar-refractivity contribution < 1.29 is 13.2 Å². The quantitative estimate of drug-likeness (QED) is 0.691. The van der Waals surface area contributed by atoms with E-state index in [4.69, 9.17) is 0 Å². The van der Waals surface area contributed by atoms with Gasteiger partial charge in [0, 0.05) is 12.1 Å². The van der Waals surface area contributed by atoms with Crippen LogP contribution in [0, 0.1) is 11.8 Å². The Morgan fingerprint density at radius 1 is 1.28 bits per heavy atom. The average molecular weight is 253 g/mol. The standard InChI is InChI=1S/C14H14F3N/c1-2-6-11-7-3-4-8-12(11)18-10-5-9-13(18)14(15,16)17/h3-4,7-8,13H,5,9-10H2,1H3. The molecule has 1 unspecified atom stereocenters. The third-order valence-electron chi connectivity index (χ3n) is 3.10. The van der Waals surface area contributed by atoms with Crippen molar-refractivity contribution in [1.29, 1.82) is 0 Å². The highest BCUT2D eigenvalue weighted by Gasteiger charge is 2.46. The van der Waals surface area contributed by atoms with Crippen molar-refractivity contribution in [2.45, 2.75) is 32.0 Å². The predicted molar refractivity (Wildman–Crippen MR) is 65.4 cm³/mol. The zero-order valence-corrected chi connectivity index (χ0v) is 10.1. The Morgan fingerprint density at radius 2 is 2.00 bits per heavy atom. The van der Waals surface area contributed by atoms with Crippen molar-refractivity contribution >= 4 is 5.69 Å². The Kier molecular flexibility index (Phi) is 3.51. The van der Waals surface area contributed by atoms with Gasteiger partial charge in [-0.15, -0.1) is 5.92 Å². The highest BCUT2D eigenvalue weighted by Crippen LogP contribution is 2.36. The summed E-state index contributed by atoms with van der Waals surface area (Å²) in [6, 6.07) is 5.64. The lowest BCUT2D eigenvalue weighted by Gasteiger charge is -2.29. The van der Waals surface area contributed by atoms with Crippen molar-refractivity contribution in [2.24, 2.45) is 0 Å². The van der Waals surface area contributed by atoms with Crippen LogP contribution < -0.4 is 4.90 Å². The van der Waals surface area contributed by atoms with Gasteiger partial charge >= 0.3 is 6.18 Å². The molecule has 0 aromatic heterocycles. The number of hydrogen-bond donors (Lipinski definition) is 0. The molecule has 0 bridgehead atoms. The minimum Gasteiger partial charge on any atom is -0.359 e. The van der Waals surface area contributed by atoms with E-state index in [2.05, 4.69) is 11.8 Å². The van der Waals surface area contributed by atoms with Gasteiger partial charge in [0.2, 0.25) is 0 Å². The van der Waals surface area contributed by atoms with Crippen LogP contribution in [0.1, 0.15) is 25.3 Å². The molecule has 1 saturated heterocycles. The summed E-state index contributed by atoms with van der Waals surface area (Å²) in [5.41, 5.74) is 1.25. The molecule has 1 heterocycles. The van der Waals surface area contributed by atoms with E-state index in [0.29, 0.717) is 24.2 Å². The highest BCUT2D eigenvalue weighted by atomic mass is 19.4. The maximum Gasteiger partial charge on any atom is 0.408 e. The van der Waals surface area contributed by atoms with E-state index in [9.17, 15) is 13.2 Å². The molecular weight excluding hydrogens is 239 g/mol. The van der Waals surface area contributed by atoms with Crippen LogP contribution in [0.3, 0.4) is 0 Å². The van der Waals surface area contributed by atoms with Gasteiger partial charge in [-0.3, -0.25) is 0 Å². The van der Waals surface area contributed by atoms with E-state index in [-0.39, 0.29) is 6.42 Å². The summed E-state index contributed by atoms with van der Waals surface area (Å²) < 4.78 is 38.8. The predicted octanol–water partition coefficient (Wildman–Crippen LogP) is 3.59. The molecule has 1 aliphatic rings. The molecule has 1 fully saturated rings. The van der Waals surface area contributed by atoms with Crippen molar-refractivity contribution in [3.05, 3.63) is 29.8 Å². The summed E-state index contributed by atoms with van der Waals surface area (Å²) in [6.45, 7) is 2.12. The van der Waals surface area contributed by atoms with E-state index in [1.807, 2.05) is 0 Å². The average Bonchev–Trinajstić information content (AvgIpc) is 2.78. The molecule has 2 rings (SSSR count). The van der Waals surface area contributed by atoms with Crippen LogP contribution in [0.4, 0.5) is 18.9 Å². The number of rotatable bonds is 1. The molecule has 4 heteroatoms. The molecule has 1 aromatic rings. The number of alkyl halides is 3. The summed E-state index contributed by atoms with van der Waals surface area (Å²) in [4.78, 5) is 1.43. The zero-order valence-electron chi connectivity index (χ0n) is 10.1. The van der Waals surface area contributed by atoms with E-state index in [1.165, 1.54) is 4.90 Å². The van der Waals surface area contributed by atoms with Gasteiger partial charge in [-0.25, -0.2) is 0 Å². The van der Waals surface area contributed by atoms with E-state index in [1.54, 1.807) is 31.2 Å². The fourth-order valence-electron chi connectivity index (χ4n) is 2.36. The molecule has 0 amide bonds. The second kappa shape index (κ2) is 4.93. The topological polar surface area (TPSA) is 3.24 Å². The molecule has 0 radical (unpaired) electrons. The van der Waals surface area contributed by atoms with Gasteiger partial charge in [-0.1, -0.05) is 18.1 Å². The second-order valence-electron chi connectivity index (χ2n) is 4.29. The largest absolute Gasteiger partial charge is 0.408 e. The summed E-state index contributed by atoms with van der Waals surface area (Å²) in [5.74, 6) is 5.61. The van der Waals surface area contributed by atoms with Crippen LogP contribution >= 0.6 is 0 Å². The minimum atomic E-state index is -4.18. The van der Waals surface area contributed by atoms with E-state index >= 15 is 0 Å². The van der Waals surface area contributed by atoms with Crippen LogP contribution in [0.15, 0.2) is 24.3 Å². The summed E-state index contributed by atoms with van der Waals surface area (Å²) >= 11 is 0. The molecular formula is C14H14F3N. The number of nitrogens with zero attached hydrogens (tertiary/aromatic N) is 1. The number of benzene rings is 1. The highest BCUT2D eigenvalue weighted by molar-refractivity contribution is 5.62. The molecule has 1 aliphatic heterocycles. The van der Waals surface area contributed by atoms with Crippen LogP contribution in [-0.2, 0) is 0 Å². The Labute approximate surface area is 105 Å². The molecule has 96 valence electrons. The Morgan fingerprint density at radius 3 is 2.67 bits per heavy atom. The van der Waals surface area contributed by atoms with E-state index in [0.717, 1.165) is 0 Å². The van der Waals surface area contributed by atoms with Gasteiger partial charge in [0.1, 0.15) is 6.04 Å². The lowest BCUT2D eigenvalue weighted by Crippen LogP contribution is -2.41. The first-order valence-corrected chi connectivity index (χ1v) is 5.89. The molecule has 1 atom stereocenters. The molecule has 1 aromatic carbocycles. The third-order valence-corrected chi connectivity index (χ3v) is 3.10. The van der Waals surface area contributed by atoms with Crippen LogP contribution in [0.5, 0.6) is 0 Å². The SMILES string of the molecule is CC#Cc1ccccc1N1CCCC1C(F)(F)F. The fraction of sp³-hybridized carbons (Fsp3) is 0.429. The maximum absolute atomic E-state index is 12.9. The number of para-hydroxylation sites is 1. The summed E-state index contributed by atoms with van der Waals surface area (Å²) in [5, 5.41) is 0. The molecule has 1 nitrogen and oxygen atoms in total. The first-order valence-electron chi connectivity index (χ1n) is 5.89. The molecule has 0 spiro atoms. The lowest BCUT2D eigenvalue weighted by molar-refractivity contribution is -0.145. The van der Waals surface area contributed by atoms with Gasteiger partial charge in [-0.05, 0) is 31.9 Å². The van der Waals surface area contributed by atoms with Crippen molar-refractivity contribution in [2.75, 3.05) is 11.4 Å². The van der Waals surface area contributed by atoms with Gasteiger partial charge in [0.15, 0.2) is 0 Å². The first-order chi connectivity index (χ1) is 8.54. The summed E-state index contributed by atoms with van der Waals surface area (Å²) in [7, 11) is 0. The first kappa shape index (κ1) is 12.8. The fourth-order valence-corrected chi connectivity index (χ4v) is 2.36. The molecule has 0 saturated carbocycles. The monoisotopic (exact) mass is 253 g/mol. The van der Waals surface area contributed by atoms with Crippen molar-refractivity contribution in [3.63, 3.8) is 0 Å². The van der Waals surface area contributed by atoms with Crippen molar-refractivity contribution in [3.8, 4) is 11.8 Å². The van der Waals surface area contributed by atoms with Gasteiger partial charge < -0.3 is 4.90 Å². The van der Waals surface area contributed by atoms with Gasteiger partial charge in [0.25, 0.3) is 0 Å². The van der Waals surface area contributed by atoms with Crippen LogP contribution in [0.25, 0.3) is 0 Å². The number of halogens is 3. The van der Waals surface area contributed by atoms with Gasteiger partial charge in [-0.2, -0.15) is 13.2 Å². The van der Waals surface area contributed by atoms with Crippen LogP contribution in [0.2, 0.25) is 0 Å². The molecule has 0 N–H and O–H groups in total. The lowest BCUT2D eigenvalue weighted by atomic mass is 10.1. The third kappa shape index (κ3) is 2.45. The second-order valence-corrected chi connectivity index (χ2v) is 4.29. The molecule has 0 aliphatic carbocycles. The normalized spacial score (nSPS) is 19.6.